The molecule has 0 unspecified atom stereocenters. The number of benzene rings is 1. The van der Waals surface area contributed by atoms with Crippen molar-refractivity contribution in [2.75, 3.05) is 13.7 Å². The summed E-state index contributed by atoms with van der Waals surface area (Å²) in [4.78, 5) is 27.2. The minimum Gasteiger partial charge on any atom is -0.486 e. The van der Waals surface area contributed by atoms with Crippen molar-refractivity contribution in [3.63, 3.8) is 0 Å². The van der Waals surface area contributed by atoms with Crippen molar-refractivity contribution in [1.29, 1.82) is 0 Å². The number of halogens is 1. The lowest BCUT2D eigenvalue weighted by Crippen LogP contribution is -2.25. The summed E-state index contributed by atoms with van der Waals surface area (Å²) in [7, 11) is 1.34. The molecule has 2 rings (SSSR count). The third-order valence-corrected chi connectivity index (χ3v) is 4.11. The molecule has 2 aromatic rings. The molecule has 0 spiro atoms. The topological polar surface area (TPSA) is 77.5 Å². The molecule has 6 nitrogen and oxygen atoms in total. The van der Waals surface area contributed by atoms with Crippen LogP contribution < -0.4 is 10.1 Å². The summed E-state index contributed by atoms with van der Waals surface area (Å²) in [6.45, 7) is 0.671. The minimum atomic E-state index is -0.292. The Morgan fingerprint density at radius 3 is 2.75 bits per heavy atom. The van der Waals surface area contributed by atoms with E-state index < -0.39 is 0 Å². The smallest absolute Gasteiger partial charge is 0.305 e. The van der Waals surface area contributed by atoms with Gasteiger partial charge in [0.15, 0.2) is 0 Å². The first kappa shape index (κ1) is 18.2. The Hall–Kier alpha value is -2.12. The number of esters is 1. The van der Waals surface area contributed by atoms with Crippen LogP contribution in [0.3, 0.4) is 0 Å². The maximum atomic E-state index is 11.9. The molecule has 0 bridgehead atoms. The summed E-state index contributed by atoms with van der Waals surface area (Å²) >= 11 is 7.16. The lowest BCUT2D eigenvalue weighted by atomic mass is 10.3. The van der Waals surface area contributed by atoms with Gasteiger partial charge in [0, 0.05) is 23.4 Å². The van der Waals surface area contributed by atoms with Crippen LogP contribution in [0.25, 0.3) is 0 Å². The molecule has 1 aromatic heterocycles. The van der Waals surface area contributed by atoms with Crippen molar-refractivity contribution in [3.8, 4) is 5.75 Å². The van der Waals surface area contributed by atoms with Crippen molar-refractivity contribution in [1.82, 2.24) is 10.3 Å². The maximum Gasteiger partial charge on any atom is 0.305 e. The lowest BCUT2D eigenvalue weighted by molar-refractivity contribution is -0.140. The van der Waals surface area contributed by atoms with Gasteiger partial charge in [0.25, 0.3) is 5.91 Å². The van der Waals surface area contributed by atoms with Gasteiger partial charge in [-0.1, -0.05) is 11.6 Å². The van der Waals surface area contributed by atoms with Crippen LogP contribution in [0.4, 0.5) is 0 Å². The number of hydrogen-bond acceptors (Lipinski definition) is 6. The van der Waals surface area contributed by atoms with Crippen LogP contribution in [0.15, 0.2) is 29.6 Å². The summed E-state index contributed by atoms with van der Waals surface area (Å²) < 4.78 is 10.1. The number of ether oxygens (including phenoxy) is 2. The molecule has 1 N–H and O–H groups in total. The molecular weight excluding hydrogens is 352 g/mol. The molecule has 0 saturated heterocycles. The number of hydrogen-bond donors (Lipinski definition) is 1. The quantitative estimate of drug-likeness (QED) is 0.572. The van der Waals surface area contributed by atoms with E-state index in [0.717, 1.165) is 0 Å². The Balaban J connectivity index is 1.76. The van der Waals surface area contributed by atoms with E-state index in [1.807, 2.05) is 0 Å². The fraction of sp³-hybridized carbons (Fsp3) is 0.312. The molecule has 0 aliphatic rings. The van der Waals surface area contributed by atoms with Crippen LogP contribution in [-0.4, -0.2) is 30.5 Å². The van der Waals surface area contributed by atoms with Crippen LogP contribution in [0.5, 0.6) is 5.75 Å². The number of nitrogens with one attached hydrogen (secondary N) is 1. The first-order valence-electron chi connectivity index (χ1n) is 7.26. The van der Waals surface area contributed by atoms with Crippen molar-refractivity contribution < 1.29 is 19.1 Å². The van der Waals surface area contributed by atoms with Gasteiger partial charge in [-0.25, -0.2) is 4.98 Å². The summed E-state index contributed by atoms with van der Waals surface area (Å²) in [6.07, 6.45) is 0.795. The molecule has 0 fully saturated rings. The Kier molecular flexibility index (Phi) is 7.02. The van der Waals surface area contributed by atoms with E-state index in [-0.39, 0.29) is 24.9 Å². The predicted octanol–water partition coefficient (Wildman–Crippen LogP) is 3.06. The van der Waals surface area contributed by atoms with Crippen LogP contribution in [0.2, 0.25) is 5.02 Å². The zero-order chi connectivity index (χ0) is 17.4. The second kappa shape index (κ2) is 9.24. The molecule has 128 valence electrons. The van der Waals surface area contributed by atoms with Gasteiger partial charge in [0.05, 0.1) is 7.11 Å². The average Bonchev–Trinajstić information content (AvgIpc) is 3.07. The van der Waals surface area contributed by atoms with E-state index in [0.29, 0.717) is 34.4 Å². The van der Waals surface area contributed by atoms with Crippen molar-refractivity contribution in [3.05, 3.63) is 45.4 Å². The molecule has 0 radical (unpaired) electrons. The monoisotopic (exact) mass is 368 g/mol. The Morgan fingerprint density at radius 1 is 1.29 bits per heavy atom. The van der Waals surface area contributed by atoms with Gasteiger partial charge in [-0.05, 0) is 30.7 Å². The van der Waals surface area contributed by atoms with Crippen molar-refractivity contribution in [2.45, 2.75) is 19.4 Å². The number of amides is 1. The number of rotatable bonds is 8. The number of methoxy groups -OCH3 is 1. The molecule has 0 atom stereocenters. The van der Waals surface area contributed by atoms with E-state index in [1.54, 1.807) is 29.6 Å². The standard InChI is InChI=1S/C16H17ClN2O4S/c1-22-15(20)3-2-8-18-16(21)13-10-24-14(19-13)9-23-12-6-4-11(17)5-7-12/h4-7,10H,2-3,8-9H2,1H3,(H,18,21). The van der Waals surface area contributed by atoms with Crippen LogP contribution in [0.1, 0.15) is 28.3 Å². The largest absolute Gasteiger partial charge is 0.486 e. The van der Waals surface area contributed by atoms with Crippen molar-refractivity contribution in [2.24, 2.45) is 0 Å². The van der Waals surface area contributed by atoms with Crippen LogP contribution in [0, 0.1) is 0 Å². The molecule has 0 aliphatic heterocycles. The van der Waals surface area contributed by atoms with Gasteiger partial charge in [0.2, 0.25) is 0 Å². The second-order valence-corrected chi connectivity index (χ2v) is 6.18. The zero-order valence-electron chi connectivity index (χ0n) is 13.1. The number of aromatic nitrogens is 1. The summed E-state index contributed by atoms with van der Waals surface area (Å²) in [5.41, 5.74) is 0.341. The van der Waals surface area contributed by atoms with Gasteiger partial charge in [0.1, 0.15) is 23.1 Å². The van der Waals surface area contributed by atoms with E-state index >= 15 is 0 Å². The molecule has 24 heavy (non-hydrogen) atoms. The summed E-state index contributed by atoms with van der Waals surface area (Å²) in [6, 6.07) is 7.02. The number of nitrogens with zero attached hydrogens (tertiary/aromatic N) is 1. The van der Waals surface area contributed by atoms with Gasteiger partial charge < -0.3 is 14.8 Å². The number of thiazole rings is 1. The second-order valence-electron chi connectivity index (χ2n) is 4.80. The minimum absolute atomic E-state index is 0.270. The third kappa shape index (κ3) is 5.82. The molecular formula is C16H17ClN2O4S. The van der Waals surface area contributed by atoms with Gasteiger partial charge >= 0.3 is 5.97 Å². The Morgan fingerprint density at radius 2 is 2.04 bits per heavy atom. The average molecular weight is 369 g/mol. The Labute approximate surface area is 148 Å². The predicted molar refractivity (Wildman–Crippen MR) is 91.5 cm³/mol. The lowest BCUT2D eigenvalue weighted by Gasteiger charge is -2.04. The molecule has 8 heteroatoms. The summed E-state index contributed by atoms with van der Waals surface area (Å²) in [5.74, 6) is 0.122. The molecule has 1 aromatic carbocycles. The highest BCUT2D eigenvalue weighted by Crippen LogP contribution is 2.18. The van der Waals surface area contributed by atoms with Crippen LogP contribution in [-0.2, 0) is 16.1 Å². The maximum absolute atomic E-state index is 11.9. The van der Waals surface area contributed by atoms with E-state index in [1.165, 1.54) is 18.4 Å². The van der Waals surface area contributed by atoms with Gasteiger partial charge in [-0.15, -0.1) is 11.3 Å². The van der Waals surface area contributed by atoms with E-state index in [2.05, 4.69) is 15.0 Å². The Bertz CT molecular complexity index is 688. The SMILES string of the molecule is COC(=O)CCCNC(=O)c1csc(COc2ccc(Cl)cc2)n1. The first-order chi connectivity index (χ1) is 11.6. The highest BCUT2D eigenvalue weighted by molar-refractivity contribution is 7.09. The highest BCUT2D eigenvalue weighted by Gasteiger charge is 2.11. The number of carbonyl (C=O) groups is 2. The van der Waals surface area contributed by atoms with E-state index in [9.17, 15) is 9.59 Å². The zero-order valence-corrected chi connectivity index (χ0v) is 14.7. The summed E-state index contributed by atoms with van der Waals surface area (Å²) in [5, 5.41) is 5.73. The third-order valence-electron chi connectivity index (χ3n) is 3.03. The highest BCUT2D eigenvalue weighted by atomic mass is 35.5. The van der Waals surface area contributed by atoms with Crippen LogP contribution >= 0.6 is 22.9 Å². The fourth-order valence-corrected chi connectivity index (χ4v) is 2.60. The molecule has 1 amide bonds. The number of carbonyl (C=O) groups excluding carboxylic acids is 2. The molecule has 0 aliphatic carbocycles. The van der Waals surface area contributed by atoms with E-state index in [4.69, 9.17) is 16.3 Å². The molecule has 0 saturated carbocycles. The van der Waals surface area contributed by atoms with Gasteiger partial charge in [-0.2, -0.15) is 0 Å². The van der Waals surface area contributed by atoms with Gasteiger partial charge in [-0.3, -0.25) is 9.59 Å². The first-order valence-corrected chi connectivity index (χ1v) is 8.52. The molecule has 1 heterocycles. The fourth-order valence-electron chi connectivity index (χ4n) is 1.78. The van der Waals surface area contributed by atoms with Crippen molar-refractivity contribution >= 4 is 34.8 Å². The normalized spacial score (nSPS) is 10.2.